The van der Waals surface area contributed by atoms with Gasteiger partial charge in [0.15, 0.2) is 5.75 Å². The zero-order valence-corrected chi connectivity index (χ0v) is 7.91. The van der Waals surface area contributed by atoms with Gasteiger partial charge >= 0.3 is 5.97 Å². The Hall–Kier alpha value is -1.77. The summed E-state index contributed by atoms with van der Waals surface area (Å²) in [6, 6.07) is 7.56. The average Bonchev–Trinajstić information content (AvgIpc) is 2.66. The second-order valence-electron chi connectivity index (χ2n) is 3.03. The van der Waals surface area contributed by atoms with Crippen LogP contribution in [0.1, 0.15) is 13.3 Å². The van der Waals surface area contributed by atoms with E-state index in [1.165, 1.54) is 0 Å². The number of carbonyl (C=O) groups is 1. The van der Waals surface area contributed by atoms with Crippen LogP contribution in [0, 0.1) is 0 Å². The van der Waals surface area contributed by atoms with Crippen LogP contribution in [-0.4, -0.2) is 11.0 Å². The van der Waals surface area contributed by atoms with Gasteiger partial charge in [-0.25, -0.2) is 0 Å². The van der Waals surface area contributed by atoms with E-state index in [0.717, 1.165) is 10.9 Å². The number of benzene rings is 1. The Kier molecular flexibility index (Phi) is 2.23. The first-order valence-electron chi connectivity index (χ1n) is 4.58. The van der Waals surface area contributed by atoms with Gasteiger partial charge < -0.3 is 9.72 Å². The number of aromatic amines is 1. The number of carbonyl (C=O) groups excluding carboxylic acids is 1. The molecule has 0 bridgehead atoms. The molecule has 1 aromatic carbocycles. The standard InChI is InChI=1S/C11H11NO2/c1-2-10(13)14-9-5-3-4-8-6-7-12-11(8)9/h3-7,12H,2H2,1H3. The summed E-state index contributed by atoms with van der Waals surface area (Å²) in [5, 5.41) is 1.05. The topological polar surface area (TPSA) is 42.1 Å². The van der Waals surface area contributed by atoms with Crippen LogP contribution in [0.5, 0.6) is 5.75 Å². The van der Waals surface area contributed by atoms with E-state index in [9.17, 15) is 4.79 Å². The van der Waals surface area contributed by atoms with E-state index in [0.29, 0.717) is 12.2 Å². The maximum atomic E-state index is 11.1. The first kappa shape index (κ1) is 8.81. The molecule has 0 saturated carbocycles. The van der Waals surface area contributed by atoms with Gasteiger partial charge in [-0.05, 0) is 12.1 Å². The van der Waals surface area contributed by atoms with Crippen molar-refractivity contribution in [1.29, 1.82) is 0 Å². The van der Waals surface area contributed by atoms with Crippen molar-refractivity contribution in [3.05, 3.63) is 30.5 Å². The molecule has 0 aliphatic carbocycles. The van der Waals surface area contributed by atoms with E-state index in [-0.39, 0.29) is 5.97 Å². The lowest BCUT2D eigenvalue weighted by Gasteiger charge is -2.03. The lowest BCUT2D eigenvalue weighted by molar-refractivity contribution is -0.133. The summed E-state index contributed by atoms with van der Waals surface area (Å²) < 4.78 is 5.16. The van der Waals surface area contributed by atoms with E-state index < -0.39 is 0 Å². The molecule has 72 valence electrons. The van der Waals surface area contributed by atoms with Crippen LogP contribution in [0.2, 0.25) is 0 Å². The summed E-state index contributed by atoms with van der Waals surface area (Å²) in [7, 11) is 0. The Morgan fingerprint density at radius 2 is 2.29 bits per heavy atom. The molecule has 1 N–H and O–H groups in total. The number of ether oxygens (including phenoxy) is 1. The highest BCUT2D eigenvalue weighted by Gasteiger charge is 2.06. The fourth-order valence-electron chi connectivity index (χ4n) is 1.34. The Morgan fingerprint density at radius 3 is 3.07 bits per heavy atom. The summed E-state index contributed by atoms with van der Waals surface area (Å²) in [6.45, 7) is 1.77. The minimum Gasteiger partial charge on any atom is -0.424 e. The van der Waals surface area contributed by atoms with Gasteiger partial charge in [-0.3, -0.25) is 4.79 Å². The number of fused-ring (bicyclic) bond motifs is 1. The molecule has 0 fully saturated rings. The predicted molar refractivity (Wildman–Crippen MR) is 54.2 cm³/mol. The highest BCUT2D eigenvalue weighted by molar-refractivity contribution is 5.87. The summed E-state index contributed by atoms with van der Waals surface area (Å²) >= 11 is 0. The first-order valence-corrected chi connectivity index (χ1v) is 4.58. The van der Waals surface area contributed by atoms with Gasteiger partial charge in [-0.15, -0.1) is 0 Å². The Morgan fingerprint density at radius 1 is 1.43 bits per heavy atom. The molecule has 2 aromatic rings. The second kappa shape index (κ2) is 3.54. The van der Waals surface area contributed by atoms with Crippen molar-refractivity contribution < 1.29 is 9.53 Å². The molecule has 2 rings (SSSR count). The summed E-state index contributed by atoms with van der Waals surface area (Å²) in [5.74, 6) is 0.381. The summed E-state index contributed by atoms with van der Waals surface area (Å²) in [6.07, 6.45) is 2.21. The number of hydrogen-bond donors (Lipinski definition) is 1. The van der Waals surface area contributed by atoms with Crippen LogP contribution in [0.4, 0.5) is 0 Å². The van der Waals surface area contributed by atoms with Crippen LogP contribution in [0.25, 0.3) is 10.9 Å². The maximum Gasteiger partial charge on any atom is 0.310 e. The molecule has 0 aliphatic rings. The molecular formula is C11H11NO2. The fraction of sp³-hybridized carbons (Fsp3) is 0.182. The lowest BCUT2D eigenvalue weighted by Crippen LogP contribution is -2.05. The van der Waals surface area contributed by atoms with Crippen molar-refractivity contribution in [2.24, 2.45) is 0 Å². The minimum atomic E-state index is -0.216. The monoisotopic (exact) mass is 189 g/mol. The number of nitrogens with one attached hydrogen (secondary N) is 1. The fourth-order valence-corrected chi connectivity index (χ4v) is 1.34. The van der Waals surface area contributed by atoms with Gasteiger partial charge in [0.2, 0.25) is 0 Å². The molecule has 0 atom stereocenters. The number of H-pyrrole nitrogens is 1. The predicted octanol–water partition coefficient (Wildman–Crippen LogP) is 2.48. The van der Waals surface area contributed by atoms with Crippen molar-refractivity contribution in [2.45, 2.75) is 13.3 Å². The average molecular weight is 189 g/mol. The molecule has 0 radical (unpaired) electrons. The molecule has 1 aromatic heterocycles. The molecule has 3 nitrogen and oxygen atoms in total. The molecule has 0 saturated heterocycles. The third kappa shape index (κ3) is 1.48. The van der Waals surface area contributed by atoms with Crippen molar-refractivity contribution in [1.82, 2.24) is 4.98 Å². The minimum absolute atomic E-state index is 0.216. The SMILES string of the molecule is CCC(=O)Oc1cccc2cc[nH]c12. The quantitative estimate of drug-likeness (QED) is 0.582. The third-order valence-corrected chi connectivity index (χ3v) is 2.06. The highest BCUT2D eigenvalue weighted by atomic mass is 16.5. The third-order valence-electron chi connectivity index (χ3n) is 2.06. The van der Waals surface area contributed by atoms with Gasteiger partial charge in [0.05, 0.1) is 5.52 Å². The van der Waals surface area contributed by atoms with Crippen molar-refractivity contribution >= 4 is 16.9 Å². The van der Waals surface area contributed by atoms with E-state index in [2.05, 4.69) is 4.98 Å². The number of para-hydroxylation sites is 1. The highest BCUT2D eigenvalue weighted by Crippen LogP contribution is 2.23. The summed E-state index contributed by atoms with van der Waals surface area (Å²) in [5.41, 5.74) is 0.870. The van der Waals surface area contributed by atoms with Crippen LogP contribution in [0.3, 0.4) is 0 Å². The molecule has 0 unspecified atom stereocenters. The van der Waals surface area contributed by atoms with Crippen LogP contribution in [-0.2, 0) is 4.79 Å². The molecule has 1 heterocycles. The van der Waals surface area contributed by atoms with Crippen LogP contribution in [0.15, 0.2) is 30.5 Å². The van der Waals surface area contributed by atoms with Crippen LogP contribution < -0.4 is 4.74 Å². The number of esters is 1. The molecule has 0 aliphatic heterocycles. The van der Waals surface area contributed by atoms with E-state index in [1.54, 1.807) is 13.0 Å². The number of rotatable bonds is 2. The number of hydrogen-bond acceptors (Lipinski definition) is 2. The first-order chi connectivity index (χ1) is 6.81. The molecule has 14 heavy (non-hydrogen) atoms. The van der Waals surface area contributed by atoms with Gasteiger partial charge in [0.1, 0.15) is 0 Å². The van der Waals surface area contributed by atoms with E-state index >= 15 is 0 Å². The van der Waals surface area contributed by atoms with Crippen LogP contribution >= 0.6 is 0 Å². The van der Waals surface area contributed by atoms with Gasteiger partial charge in [-0.2, -0.15) is 0 Å². The normalized spacial score (nSPS) is 10.4. The van der Waals surface area contributed by atoms with Gasteiger partial charge in [0.25, 0.3) is 0 Å². The van der Waals surface area contributed by atoms with Crippen molar-refractivity contribution in [3.8, 4) is 5.75 Å². The van der Waals surface area contributed by atoms with E-state index in [4.69, 9.17) is 4.74 Å². The van der Waals surface area contributed by atoms with E-state index in [1.807, 2.05) is 24.4 Å². The molecule has 3 heteroatoms. The Labute approximate surface area is 81.7 Å². The zero-order chi connectivity index (χ0) is 9.97. The van der Waals surface area contributed by atoms with Gasteiger partial charge in [-0.1, -0.05) is 19.1 Å². The zero-order valence-electron chi connectivity index (χ0n) is 7.91. The molecule has 0 spiro atoms. The lowest BCUT2D eigenvalue weighted by atomic mass is 10.2. The number of aromatic nitrogens is 1. The Balaban J connectivity index is 2.41. The molecular weight excluding hydrogens is 178 g/mol. The maximum absolute atomic E-state index is 11.1. The molecule has 0 amide bonds. The van der Waals surface area contributed by atoms with Gasteiger partial charge in [0, 0.05) is 18.0 Å². The van der Waals surface area contributed by atoms with Crippen molar-refractivity contribution in [3.63, 3.8) is 0 Å². The smallest absolute Gasteiger partial charge is 0.310 e. The van der Waals surface area contributed by atoms with Crippen molar-refractivity contribution in [2.75, 3.05) is 0 Å². The summed E-state index contributed by atoms with van der Waals surface area (Å²) in [4.78, 5) is 14.2. The Bertz CT molecular complexity index is 459. The largest absolute Gasteiger partial charge is 0.424 e. The second-order valence-corrected chi connectivity index (χ2v) is 3.03.